The van der Waals surface area contributed by atoms with Crippen LogP contribution in [0.4, 0.5) is 0 Å². The molecule has 5 heteroatoms. The lowest BCUT2D eigenvalue weighted by Crippen LogP contribution is -2.13. The van der Waals surface area contributed by atoms with Crippen LogP contribution in [0.25, 0.3) is 11.1 Å². The second-order valence-corrected chi connectivity index (χ2v) is 5.85. The Kier molecular flexibility index (Phi) is 3.29. The van der Waals surface area contributed by atoms with Gasteiger partial charge in [-0.25, -0.2) is 4.79 Å². The molecule has 0 aliphatic rings. The summed E-state index contributed by atoms with van der Waals surface area (Å²) in [7, 11) is 1.83. The predicted molar refractivity (Wildman–Crippen MR) is 76.0 cm³/mol. The van der Waals surface area contributed by atoms with Crippen molar-refractivity contribution >= 4 is 5.97 Å². The zero-order valence-electron chi connectivity index (χ0n) is 12.0. The van der Waals surface area contributed by atoms with Crippen LogP contribution >= 0.6 is 0 Å². The number of benzene rings is 1. The molecule has 0 aliphatic carbocycles. The first-order valence-corrected chi connectivity index (χ1v) is 6.31. The van der Waals surface area contributed by atoms with Crippen LogP contribution in [0.3, 0.4) is 0 Å². The standard InChI is InChI=1S/C15H18N2O3/c1-15(2,3)13-11(8-17(4)16-13)9-5-6-12(18)10(7-9)14(19)20/h5-8,18H,1-4H3,(H,19,20). The Morgan fingerprint density at radius 3 is 2.50 bits per heavy atom. The molecule has 0 amide bonds. The smallest absolute Gasteiger partial charge is 0.339 e. The van der Waals surface area contributed by atoms with Crippen LogP contribution in [-0.2, 0) is 12.5 Å². The Morgan fingerprint density at radius 2 is 1.95 bits per heavy atom. The Balaban J connectivity index is 2.63. The minimum atomic E-state index is -1.15. The molecule has 1 aromatic heterocycles. The van der Waals surface area contributed by atoms with Crippen molar-refractivity contribution in [1.29, 1.82) is 0 Å². The van der Waals surface area contributed by atoms with Gasteiger partial charge in [-0.15, -0.1) is 0 Å². The molecule has 106 valence electrons. The number of aryl methyl sites for hydroxylation is 1. The molecule has 0 spiro atoms. The number of carbonyl (C=O) groups is 1. The number of carboxylic acid groups (broad SMARTS) is 1. The zero-order valence-corrected chi connectivity index (χ0v) is 12.0. The van der Waals surface area contributed by atoms with Gasteiger partial charge < -0.3 is 10.2 Å². The van der Waals surface area contributed by atoms with E-state index >= 15 is 0 Å². The molecular formula is C15H18N2O3. The summed E-state index contributed by atoms with van der Waals surface area (Å²) in [6.07, 6.45) is 1.86. The van der Waals surface area contributed by atoms with Crippen LogP contribution < -0.4 is 0 Å². The molecule has 0 bridgehead atoms. The van der Waals surface area contributed by atoms with Crippen LogP contribution in [0.15, 0.2) is 24.4 Å². The molecule has 0 aliphatic heterocycles. The van der Waals surface area contributed by atoms with Gasteiger partial charge in [-0.3, -0.25) is 4.68 Å². The second kappa shape index (κ2) is 4.67. The van der Waals surface area contributed by atoms with Gasteiger partial charge >= 0.3 is 5.97 Å². The van der Waals surface area contributed by atoms with Crippen molar-refractivity contribution in [3.63, 3.8) is 0 Å². The van der Waals surface area contributed by atoms with Gasteiger partial charge in [-0.05, 0) is 17.7 Å². The molecule has 0 fully saturated rings. The number of carboxylic acids is 1. The van der Waals surface area contributed by atoms with Crippen molar-refractivity contribution in [3.8, 4) is 16.9 Å². The van der Waals surface area contributed by atoms with E-state index in [1.165, 1.54) is 12.1 Å². The molecule has 1 aromatic carbocycles. The van der Waals surface area contributed by atoms with Gasteiger partial charge in [0.25, 0.3) is 0 Å². The first-order chi connectivity index (χ1) is 9.20. The maximum absolute atomic E-state index is 11.1. The SMILES string of the molecule is Cn1cc(-c2ccc(O)c(C(=O)O)c2)c(C(C)(C)C)n1. The maximum atomic E-state index is 11.1. The highest BCUT2D eigenvalue weighted by Crippen LogP contribution is 2.33. The molecule has 0 radical (unpaired) electrons. The molecule has 1 heterocycles. The van der Waals surface area contributed by atoms with Crippen LogP contribution in [0.5, 0.6) is 5.75 Å². The summed E-state index contributed by atoms with van der Waals surface area (Å²) in [6.45, 7) is 6.16. The molecule has 0 atom stereocenters. The Bertz CT molecular complexity index is 666. The highest BCUT2D eigenvalue weighted by atomic mass is 16.4. The van der Waals surface area contributed by atoms with Gasteiger partial charge in [-0.2, -0.15) is 5.10 Å². The van der Waals surface area contributed by atoms with E-state index in [1.54, 1.807) is 10.7 Å². The topological polar surface area (TPSA) is 75.4 Å². The van der Waals surface area contributed by atoms with Crippen LogP contribution in [0.1, 0.15) is 36.8 Å². The number of aromatic carboxylic acids is 1. The molecular weight excluding hydrogens is 256 g/mol. The van der Waals surface area contributed by atoms with E-state index in [0.717, 1.165) is 16.8 Å². The molecule has 0 saturated carbocycles. The van der Waals surface area contributed by atoms with Gasteiger partial charge in [0.1, 0.15) is 11.3 Å². The third-order valence-corrected chi connectivity index (χ3v) is 3.08. The highest BCUT2D eigenvalue weighted by Gasteiger charge is 2.23. The van der Waals surface area contributed by atoms with Gasteiger partial charge in [0.15, 0.2) is 0 Å². The van der Waals surface area contributed by atoms with E-state index in [9.17, 15) is 9.90 Å². The second-order valence-electron chi connectivity index (χ2n) is 5.85. The van der Waals surface area contributed by atoms with Crippen LogP contribution in [0, 0.1) is 0 Å². The van der Waals surface area contributed by atoms with E-state index in [0.29, 0.717) is 0 Å². The van der Waals surface area contributed by atoms with Crippen molar-refractivity contribution in [3.05, 3.63) is 35.7 Å². The summed E-state index contributed by atoms with van der Waals surface area (Å²) in [5.74, 6) is -1.38. The average molecular weight is 274 g/mol. The number of hydrogen-bond acceptors (Lipinski definition) is 3. The largest absolute Gasteiger partial charge is 0.507 e. The fourth-order valence-corrected chi connectivity index (χ4v) is 2.13. The van der Waals surface area contributed by atoms with Crippen molar-refractivity contribution in [2.75, 3.05) is 0 Å². The van der Waals surface area contributed by atoms with Gasteiger partial charge in [0, 0.05) is 24.2 Å². The minimum absolute atomic E-state index is 0.105. The molecule has 0 unspecified atom stereocenters. The summed E-state index contributed by atoms with van der Waals surface area (Å²) < 4.78 is 1.71. The number of aromatic hydroxyl groups is 1. The zero-order chi connectivity index (χ0) is 15.1. The molecule has 5 nitrogen and oxygen atoms in total. The summed E-state index contributed by atoms with van der Waals surface area (Å²) in [5, 5.41) is 23.1. The van der Waals surface area contributed by atoms with Crippen molar-refractivity contribution in [2.24, 2.45) is 7.05 Å². The number of hydrogen-bond donors (Lipinski definition) is 2. The molecule has 20 heavy (non-hydrogen) atoms. The number of rotatable bonds is 2. The molecule has 2 rings (SSSR count). The molecule has 2 N–H and O–H groups in total. The molecule has 2 aromatic rings. The third-order valence-electron chi connectivity index (χ3n) is 3.08. The predicted octanol–water partition coefficient (Wildman–Crippen LogP) is 2.79. The van der Waals surface area contributed by atoms with E-state index in [4.69, 9.17) is 5.11 Å². The van der Waals surface area contributed by atoms with E-state index in [2.05, 4.69) is 25.9 Å². The van der Waals surface area contributed by atoms with E-state index < -0.39 is 5.97 Å². The van der Waals surface area contributed by atoms with E-state index in [-0.39, 0.29) is 16.7 Å². The maximum Gasteiger partial charge on any atom is 0.339 e. The summed E-state index contributed by atoms with van der Waals surface area (Å²) in [6, 6.07) is 4.58. The fraction of sp³-hybridized carbons (Fsp3) is 0.333. The Morgan fingerprint density at radius 1 is 1.30 bits per heavy atom. The van der Waals surface area contributed by atoms with Crippen LogP contribution in [-0.4, -0.2) is 26.0 Å². The average Bonchev–Trinajstić information content (AvgIpc) is 2.71. The first-order valence-electron chi connectivity index (χ1n) is 6.31. The normalized spacial score (nSPS) is 11.6. The highest BCUT2D eigenvalue weighted by molar-refractivity contribution is 5.92. The summed E-state index contributed by atoms with van der Waals surface area (Å²) >= 11 is 0. The fourth-order valence-electron chi connectivity index (χ4n) is 2.13. The van der Waals surface area contributed by atoms with E-state index in [1.807, 2.05) is 13.2 Å². The lowest BCUT2D eigenvalue weighted by atomic mass is 9.87. The monoisotopic (exact) mass is 274 g/mol. The summed E-state index contributed by atoms with van der Waals surface area (Å²) in [5.41, 5.74) is 2.24. The van der Waals surface area contributed by atoms with Gasteiger partial charge in [0.2, 0.25) is 0 Å². The number of phenols is 1. The third kappa shape index (κ3) is 2.52. The van der Waals surface area contributed by atoms with Gasteiger partial charge in [0.05, 0.1) is 5.69 Å². The Labute approximate surface area is 117 Å². The first kappa shape index (κ1) is 14.1. The van der Waals surface area contributed by atoms with Crippen molar-refractivity contribution < 1.29 is 15.0 Å². The van der Waals surface area contributed by atoms with Crippen LogP contribution in [0.2, 0.25) is 0 Å². The summed E-state index contributed by atoms with van der Waals surface area (Å²) in [4.78, 5) is 11.1. The molecule has 0 saturated heterocycles. The number of aromatic nitrogens is 2. The lowest BCUT2D eigenvalue weighted by Gasteiger charge is -2.17. The van der Waals surface area contributed by atoms with Crippen molar-refractivity contribution in [1.82, 2.24) is 9.78 Å². The van der Waals surface area contributed by atoms with Gasteiger partial charge in [-0.1, -0.05) is 26.8 Å². The minimum Gasteiger partial charge on any atom is -0.507 e. The lowest BCUT2D eigenvalue weighted by molar-refractivity contribution is 0.0694. The Hall–Kier alpha value is -2.30. The van der Waals surface area contributed by atoms with Crippen molar-refractivity contribution in [2.45, 2.75) is 26.2 Å². The quantitative estimate of drug-likeness (QED) is 0.883. The number of nitrogens with zero attached hydrogens (tertiary/aromatic N) is 2.